The zero-order valence-corrected chi connectivity index (χ0v) is 15.3. The van der Waals surface area contributed by atoms with Gasteiger partial charge in [-0.2, -0.15) is 4.68 Å². The maximum atomic E-state index is 12.1. The van der Waals surface area contributed by atoms with Gasteiger partial charge in [0.15, 0.2) is 0 Å². The molecule has 0 spiro atoms. The molecule has 25 heavy (non-hydrogen) atoms. The van der Waals surface area contributed by atoms with E-state index >= 15 is 0 Å². The molecule has 0 aliphatic rings. The van der Waals surface area contributed by atoms with Crippen molar-refractivity contribution in [2.75, 3.05) is 11.1 Å². The fourth-order valence-corrected chi connectivity index (χ4v) is 2.99. The van der Waals surface area contributed by atoms with E-state index in [0.717, 1.165) is 16.8 Å². The summed E-state index contributed by atoms with van der Waals surface area (Å²) in [5, 5.41) is 15.7. The molecule has 0 radical (unpaired) electrons. The van der Waals surface area contributed by atoms with Crippen LogP contribution in [-0.2, 0) is 4.79 Å². The van der Waals surface area contributed by atoms with Gasteiger partial charge in [0.1, 0.15) is 0 Å². The molecule has 6 nitrogen and oxygen atoms in total. The molecular formula is C17H16ClN5OS. The monoisotopic (exact) mass is 373 g/mol. The summed E-state index contributed by atoms with van der Waals surface area (Å²) in [6, 6.07) is 13.3. The number of benzene rings is 2. The topological polar surface area (TPSA) is 72.7 Å². The summed E-state index contributed by atoms with van der Waals surface area (Å²) in [5.41, 5.74) is 3.64. The third-order valence-corrected chi connectivity index (χ3v) is 4.83. The molecule has 1 heterocycles. The smallest absolute Gasteiger partial charge is 0.234 e. The van der Waals surface area contributed by atoms with Gasteiger partial charge in [-0.15, -0.1) is 5.10 Å². The fourth-order valence-electron chi connectivity index (χ4n) is 2.11. The maximum Gasteiger partial charge on any atom is 0.234 e. The lowest BCUT2D eigenvalue weighted by Gasteiger charge is -2.07. The zero-order chi connectivity index (χ0) is 17.8. The first-order valence-corrected chi connectivity index (χ1v) is 8.93. The predicted molar refractivity (Wildman–Crippen MR) is 99.4 cm³/mol. The quantitative estimate of drug-likeness (QED) is 0.691. The van der Waals surface area contributed by atoms with Crippen LogP contribution in [0.3, 0.4) is 0 Å². The molecule has 3 rings (SSSR count). The lowest BCUT2D eigenvalue weighted by Crippen LogP contribution is -2.14. The Morgan fingerprint density at radius 3 is 2.68 bits per heavy atom. The van der Waals surface area contributed by atoms with E-state index in [4.69, 9.17) is 11.6 Å². The third kappa shape index (κ3) is 4.37. The second-order valence-electron chi connectivity index (χ2n) is 5.51. The Morgan fingerprint density at radius 1 is 1.20 bits per heavy atom. The standard InChI is InChI=1S/C17H16ClN5OS/c1-11-3-7-14(8-4-11)23-17(20-21-22-23)25-10-16(24)19-13-6-5-12(2)15(18)9-13/h3-9H,10H2,1-2H3,(H,19,24). The number of aromatic nitrogens is 4. The van der Waals surface area contributed by atoms with E-state index in [1.165, 1.54) is 11.8 Å². The average Bonchev–Trinajstić information content (AvgIpc) is 3.06. The van der Waals surface area contributed by atoms with Crippen molar-refractivity contribution in [3.63, 3.8) is 0 Å². The Morgan fingerprint density at radius 2 is 1.96 bits per heavy atom. The molecule has 0 aliphatic carbocycles. The number of carbonyl (C=O) groups is 1. The summed E-state index contributed by atoms with van der Waals surface area (Å²) in [6.07, 6.45) is 0. The number of anilines is 1. The van der Waals surface area contributed by atoms with E-state index in [1.54, 1.807) is 10.7 Å². The van der Waals surface area contributed by atoms with Gasteiger partial charge in [0, 0.05) is 10.7 Å². The van der Waals surface area contributed by atoms with Gasteiger partial charge in [0.2, 0.25) is 11.1 Å². The van der Waals surface area contributed by atoms with Crippen molar-refractivity contribution in [3.05, 3.63) is 58.6 Å². The first-order valence-electron chi connectivity index (χ1n) is 7.57. The van der Waals surface area contributed by atoms with Gasteiger partial charge < -0.3 is 5.32 Å². The third-order valence-electron chi connectivity index (χ3n) is 3.51. The maximum absolute atomic E-state index is 12.1. The van der Waals surface area contributed by atoms with Gasteiger partial charge in [-0.3, -0.25) is 4.79 Å². The van der Waals surface area contributed by atoms with Gasteiger partial charge in [-0.05, 0) is 54.1 Å². The highest BCUT2D eigenvalue weighted by atomic mass is 35.5. The molecule has 8 heteroatoms. The second kappa shape index (κ2) is 7.67. The van der Waals surface area contributed by atoms with Crippen molar-refractivity contribution in [3.8, 4) is 5.69 Å². The molecule has 0 aliphatic heterocycles. The second-order valence-corrected chi connectivity index (χ2v) is 6.86. The number of amides is 1. The van der Waals surface area contributed by atoms with E-state index in [0.29, 0.717) is 15.9 Å². The number of tetrazole rings is 1. The summed E-state index contributed by atoms with van der Waals surface area (Å²) in [7, 11) is 0. The van der Waals surface area contributed by atoms with E-state index in [1.807, 2.05) is 50.2 Å². The molecule has 0 atom stereocenters. The Balaban J connectivity index is 1.64. The molecule has 0 bridgehead atoms. The minimum Gasteiger partial charge on any atom is -0.325 e. The van der Waals surface area contributed by atoms with E-state index in [-0.39, 0.29) is 11.7 Å². The molecular weight excluding hydrogens is 358 g/mol. The number of carbonyl (C=O) groups excluding carboxylic acids is 1. The number of rotatable bonds is 5. The Bertz CT molecular complexity index is 894. The number of nitrogens with zero attached hydrogens (tertiary/aromatic N) is 4. The number of thioether (sulfide) groups is 1. The van der Waals surface area contributed by atoms with E-state index in [9.17, 15) is 4.79 Å². The van der Waals surface area contributed by atoms with Crippen molar-refractivity contribution in [1.82, 2.24) is 20.2 Å². The van der Waals surface area contributed by atoms with Crippen LogP contribution < -0.4 is 5.32 Å². The largest absolute Gasteiger partial charge is 0.325 e. The normalized spacial score (nSPS) is 10.7. The van der Waals surface area contributed by atoms with Gasteiger partial charge in [0.05, 0.1) is 11.4 Å². The Hall–Kier alpha value is -2.38. The molecule has 128 valence electrons. The molecule has 1 aromatic heterocycles. The van der Waals surface area contributed by atoms with Crippen LogP contribution in [0, 0.1) is 13.8 Å². The van der Waals surface area contributed by atoms with Crippen LogP contribution in [0.4, 0.5) is 5.69 Å². The lowest BCUT2D eigenvalue weighted by atomic mass is 10.2. The van der Waals surface area contributed by atoms with Gasteiger partial charge in [0.25, 0.3) is 0 Å². The van der Waals surface area contributed by atoms with Crippen LogP contribution in [-0.4, -0.2) is 31.9 Å². The molecule has 2 aromatic carbocycles. The zero-order valence-electron chi connectivity index (χ0n) is 13.7. The number of hydrogen-bond donors (Lipinski definition) is 1. The van der Waals surface area contributed by atoms with Crippen LogP contribution in [0.5, 0.6) is 0 Å². The molecule has 0 saturated heterocycles. The van der Waals surface area contributed by atoms with Crippen LogP contribution in [0.2, 0.25) is 5.02 Å². The van der Waals surface area contributed by atoms with E-state index in [2.05, 4.69) is 20.8 Å². The SMILES string of the molecule is Cc1ccc(-n2nnnc2SCC(=O)Nc2ccc(C)c(Cl)c2)cc1. The summed E-state index contributed by atoms with van der Waals surface area (Å²) in [6.45, 7) is 3.93. The Kier molecular flexibility index (Phi) is 5.35. The highest BCUT2D eigenvalue weighted by Crippen LogP contribution is 2.21. The average molecular weight is 374 g/mol. The molecule has 1 N–H and O–H groups in total. The Labute approximate surface area is 154 Å². The summed E-state index contributed by atoms with van der Waals surface area (Å²) in [4.78, 5) is 12.1. The van der Waals surface area contributed by atoms with Gasteiger partial charge in [-0.25, -0.2) is 0 Å². The van der Waals surface area contributed by atoms with E-state index < -0.39 is 0 Å². The van der Waals surface area contributed by atoms with Gasteiger partial charge >= 0.3 is 0 Å². The first-order chi connectivity index (χ1) is 12.0. The predicted octanol–water partition coefficient (Wildman–Crippen LogP) is 3.66. The van der Waals surface area contributed by atoms with Crippen molar-refractivity contribution in [2.24, 2.45) is 0 Å². The lowest BCUT2D eigenvalue weighted by molar-refractivity contribution is -0.113. The minimum atomic E-state index is -0.150. The summed E-state index contributed by atoms with van der Waals surface area (Å²) in [5.74, 6) is 0.0425. The number of hydrogen-bond acceptors (Lipinski definition) is 5. The summed E-state index contributed by atoms with van der Waals surface area (Å²) < 4.78 is 1.61. The minimum absolute atomic E-state index is 0.150. The van der Waals surface area contributed by atoms with Crippen LogP contribution in [0.25, 0.3) is 5.69 Å². The first kappa shape index (κ1) is 17.4. The summed E-state index contributed by atoms with van der Waals surface area (Å²) >= 11 is 7.34. The number of aryl methyl sites for hydroxylation is 2. The molecule has 0 saturated carbocycles. The molecule has 0 unspecified atom stereocenters. The highest BCUT2D eigenvalue weighted by Gasteiger charge is 2.12. The number of halogens is 1. The van der Waals surface area contributed by atoms with Crippen LogP contribution >= 0.6 is 23.4 Å². The van der Waals surface area contributed by atoms with Crippen molar-refractivity contribution in [2.45, 2.75) is 19.0 Å². The fraction of sp³-hybridized carbons (Fsp3) is 0.176. The number of nitrogens with one attached hydrogen (secondary N) is 1. The van der Waals surface area contributed by atoms with Gasteiger partial charge in [-0.1, -0.05) is 47.1 Å². The van der Waals surface area contributed by atoms with Crippen molar-refractivity contribution >= 4 is 35.0 Å². The van der Waals surface area contributed by atoms with Crippen LogP contribution in [0.15, 0.2) is 47.6 Å². The molecule has 0 fully saturated rings. The van der Waals surface area contributed by atoms with Crippen molar-refractivity contribution < 1.29 is 4.79 Å². The highest BCUT2D eigenvalue weighted by molar-refractivity contribution is 7.99. The van der Waals surface area contributed by atoms with Crippen LogP contribution in [0.1, 0.15) is 11.1 Å². The van der Waals surface area contributed by atoms with Crippen molar-refractivity contribution in [1.29, 1.82) is 0 Å². The molecule has 3 aromatic rings. The molecule has 1 amide bonds.